The quantitative estimate of drug-likeness (QED) is 0.410. The number of carbonyl (C=O) groups is 2. The van der Waals surface area contributed by atoms with Crippen LogP contribution in [0.3, 0.4) is 0 Å². The Morgan fingerprint density at radius 2 is 1.79 bits per heavy atom. The van der Waals surface area contributed by atoms with Crippen LogP contribution in [-0.2, 0) is 10.0 Å². The number of hydrogen-bond acceptors (Lipinski definition) is 6. The first-order valence-electron chi connectivity index (χ1n) is 12.7. The third-order valence-corrected chi connectivity index (χ3v) is 7.41. The number of nitrogens with zero attached hydrogens (tertiary/aromatic N) is 2. The summed E-state index contributed by atoms with van der Waals surface area (Å²) >= 11 is 0. The Kier molecular flexibility index (Phi) is 8.31. The third-order valence-electron chi connectivity index (χ3n) is 6.82. The lowest BCUT2D eigenvalue weighted by Gasteiger charge is -2.38. The molecule has 10 nitrogen and oxygen atoms in total. The van der Waals surface area contributed by atoms with Crippen molar-refractivity contribution in [2.45, 2.75) is 26.0 Å². The highest BCUT2D eigenvalue weighted by Crippen LogP contribution is 2.35. The van der Waals surface area contributed by atoms with Gasteiger partial charge in [0, 0.05) is 24.9 Å². The van der Waals surface area contributed by atoms with Gasteiger partial charge in [0.25, 0.3) is 5.91 Å². The molecule has 3 atom stereocenters. The van der Waals surface area contributed by atoms with Crippen LogP contribution < -0.4 is 14.8 Å². The van der Waals surface area contributed by atoms with Crippen LogP contribution in [0.5, 0.6) is 5.75 Å². The van der Waals surface area contributed by atoms with E-state index in [-0.39, 0.29) is 54.6 Å². The van der Waals surface area contributed by atoms with Gasteiger partial charge in [-0.2, -0.15) is 0 Å². The van der Waals surface area contributed by atoms with Gasteiger partial charge in [0.05, 0.1) is 42.4 Å². The number of rotatable bonds is 7. The van der Waals surface area contributed by atoms with Crippen LogP contribution >= 0.6 is 0 Å². The van der Waals surface area contributed by atoms with E-state index in [4.69, 9.17) is 4.74 Å². The Bertz CT molecular complexity index is 1470. The molecule has 11 heteroatoms. The van der Waals surface area contributed by atoms with Crippen molar-refractivity contribution in [1.82, 2.24) is 9.80 Å². The highest BCUT2D eigenvalue weighted by molar-refractivity contribution is 7.92. The van der Waals surface area contributed by atoms with Gasteiger partial charge in [0.2, 0.25) is 10.0 Å². The monoisotopic (exact) mass is 554 g/mol. The second kappa shape index (κ2) is 11.5. The summed E-state index contributed by atoms with van der Waals surface area (Å²) in [5.41, 5.74) is 0.973. The fraction of sp³-hybridized carbons (Fsp3) is 0.357. The van der Waals surface area contributed by atoms with E-state index in [1.807, 2.05) is 49.4 Å². The first-order chi connectivity index (χ1) is 18.5. The SMILES string of the molecule is C[C@H](CO)N1C[C@H](C)[C@H](CN(C)C(=O)Nc2cccc3ccccc23)Oc2c(NS(C)(=O)=O)cccc2C1=O. The number of amides is 3. The molecule has 0 aliphatic carbocycles. The molecule has 0 radical (unpaired) electrons. The van der Waals surface area contributed by atoms with E-state index in [0.29, 0.717) is 5.69 Å². The number of urea groups is 1. The molecule has 0 aromatic heterocycles. The number of ether oxygens (including phenoxy) is 1. The zero-order valence-electron chi connectivity index (χ0n) is 22.4. The molecule has 0 saturated carbocycles. The zero-order chi connectivity index (χ0) is 28.3. The van der Waals surface area contributed by atoms with E-state index in [9.17, 15) is 23.1 Å². The van der Waals surface area contributed by atoms with E-state index in [1.54, 1.807) is 31.0 Å². The first kappa shape index (κ1) is 28.2. The van der Waals surface area contributed by atoms with E-state index in [0.717, 1.165) is 17.0 Å². The zero-order valence-corrected chi connectivity index (χ0v) is 23.2. The maximum atomic E-state index is 13.5. The van der Waals surface area contributed by atoms with Gasteiger partial charge in [-0.3, -0.25) is 9.52 Å². The van der Waals surface area contributed by atoms with Crippen LogP contribution in [0.1, 0.15) is 24.2 Å². The maximum Gasteiger partial charge on any atom is 0.321 e. The van der Waals surface area contributed by atoms with Crippen molar-refractivity contribution in [2.75, 3.05) is 43.0 Å². The van der Waals surface area contributed by atoms with Crippen molar-refractivity contribution in [3.63, 3.8) is 0 Å². The molecule has 4 rings (SSSR count). The summed E-state index contributed by atoms with van der Waals surface area (Å²) in [5.74, 6) is -0.561. The number of hydrogen-bond donors (Lipinski definition) is 3. The molecule has 39 heavy (non-hydrogen) atoms. The van der Waals surface area contributed by atoms with Crippen LogP contribution in [0.2, 0.25) is 0 Å². The summed E-state index contributed by atoms with van der Waals surface area (Å²) < 4.78 is 32.9. The number of anilines is 2. The number of sulfonamides is 1. The molecule has 0 fully saturated rings. The highest BCUT2D eigenvalue weighted by Gasteiger charge is 2.35. The van der Waals surface area contributed by atoms with Gasteiger partial charge < -0.3 is 25.0 Å². The lowest BCUT2D eigenvalue weighted by Crippen LogP contribution is -2.50. The van der Waals surface area contributed by atoms with Gasteiger partial charge in [0.1, 0.15) is 6.10 Å². The summed E-state index contributed by atoms with van der Waals surface area (Å²) in [6.07, 6.45) is 0.416. The smallest absolute Gasteiger partial charge is 0.321 e. The summed E-state index contributed by atoms with van der Waals surface area (Å²) in [4.78, 5) is 29.8. The van der Waals surface area contributed by atoms with Crippen LogP contribution in [-0.4, -0.2) is 80.4 Å². The number of aliphatic hydroxyl groups excluding tert-OH is 1. The second-order valence-electron chi connectivity index (χ2n) is 10.0. The Morgan fingerprint density at radius 3 is 2.51 bits per heavy atom. The molecule has 1 aliphatic heterocycles. The number of benzene rings is 3. The van der Waals surface area contributed by atoms with Crippen LogP contribution in [0.25, 0.3) is 10.8 Å². The first-order valence-corrected chi connectivity index (χ1v) is 14.6. The molecule has 1 heterocycles. The average molecular weight is 555 g/mol. The molecule has 3 aromatic carbocycles. The average Bonchev–Trinajstić information content (AvgIpc) is 2.89. The van der Waals surface area contributed by atoms with Crippen molar-refractivity contribution < 1.29 is 27.9 Å². The number of aliphatic hydroxyl groups is 1. The topological polar surface area (TPSA) is 128 Å². The molecule has 0 spiro atoms. The summed E-state index contributed by atoms with van der Waals surface area (Å²) in [7, 11) is -2.02. The molecular formula is C28H34N4O6S. The van der Waals surface area contributed by atoms with Gasteiger partial charge in [-0.1, -0.05) is 49.4 Å². The number of para-hydroxylation sites is 1. The summed E-state index contributed by atoms with van der Waals surface area (Å²) in [6.45, 7) is 3.81. The molecule has 3 N–H and O–H groups in total. The van der Waals surface area contributed by atoms with Gasteiger partial charge >= 0.3 is 6.03 Å². The van der Waals surface area contributed by atoms with E-state index >= 15 is 0 Å². The minimum atomic E-state index is -3.67. The van der Waals surface area contributed by atoms with E-state index in [2.05, 4.69) is 10.0 Å². The van der Waals surface area contributed by atoms with Crippen molar-refractivity contribution in [3.8, 4) is 5.75 Å². The van der Waals surface area contributed by atoms with Gasteiger partial charge in [-0.05, 0) is 30.5 Å². The van der Waals surface area contributed by atoms with Crippen molar-refractivity contribution in [2.24, 2.45) is 5.92 Å². The summed E-state index contributed by atoms with van der Waals surface area (Å²) in [5, 5.41) is 14.7. The largest absolute Gasteiger partial charge is 0.485 e. The van der Waals surface area contributed by atoms with Crippen LogP contribution in [0.15, 0.2) is 60.7 Å². The fourth-order valence-electron chi connectivity index (χ4n) is 4.64. The standard InChI is InChI=1S/C28H34N4O6S/c1-18-15-32(19(2)17-33)27(34)22-12-8-14-24(30-39(4,36)37)26(22)38-25(18)16-31(3)28(35)29-23-13-7-10-20-9-5-6-11-21(20)23/h5-14,18-19,25,30,33H,15-17H2,1-4H3,(H,29,35)/t18-,19+,25-/m0/s1. The minimum Gasteiger partial charge on any atom is -0.485 e. The molecule has 3 amide bonds. The molecule has 0 bridgehead atoms. The molecule has 1 aliphatic rings. The molecular weight excluding hydrogens is 520 g/mol. The Hall–Kier alpha value is -3.83. The van der Waals surface area contributed by atoms with E-state index in [1.165, 1.54) is 11.0 Å². The van der Waals surface area contributed by atoms with Crippen molar-refractivity contribution >= 4 is 44.1 Å². The van der Waals surface area contributed by atoms with Crippen molar-refractivity contribution in [3.05, 3.63) is 66.2 Å². The van der Waals surface area contributed by atoms with Crippen molar-refractivity contribution in [1.29, 1.82) is 0 Å². The van der Waals surface area contributed by atoms with Gasteiger partial charge in [0.15, 0.2) is 5.75 Å². The Labute approximate surface area is 228 Å². The van der Waals surface area contributed by atoms with Crippen LogP contribution in [0.4, 0.5) is 16.2 Å². The number of likely N-dealkylation sites (N-methyl/N-ethyl adjacent to an activating group) is 1. The third kappa shape index (κ3) is 6.43. The normalized spacial score (nSPS) is 18.4. The number of fused-ring (bicyclic) bond motifs is 2. The lowest BCUT2D eigenvalue weighted by molar-refractivity contribution is 0.0373. The fourth-order valence-corrected chi connectivity index (χ4v) is 5.20. The predicted octanol–water partition coefficient (Wildman–Crippen LogP) is 3.60. The second-order valence-corrected chi connectivity index (χ2v) is 11.8. The lowest BCUT2D eigenvalue weighted by atomic mass is 9.99. The Morgan fingerprint density at radius 1 is 1.13 bits per heavy atom. The molecule has 208 valence electrons. The van der Waals surface area contributed by atoms with Crippen LogP contribution in [0, 0.1) is 5.92 Å². The predicted molar refractivity (Wildman–Crippen MR) is 152 cm³/mol. The number of carbonyl (C=O) groups excluding carboxylic acids is 2. The summed E-state index contributed by atoms with van der Waals surface area (Å²) in [6, 6.07) is 17.3. The molecule has 3 aromatic rings. The number of nitrogens with one attached hydrogen (secondary N) is 2. The highest BCUT2D eigenvalue weighted by atomic mass is 32.2. The van der Waals surface area contributed by atoms with Gasteiger partial charge in [-0.15, -0.1) is 0 Å². The van der Waals surface area contributed by atoms with E-state index < -0.39 is 22.2 Å². The Balaban J connectivity index is 1.64. The molecule has 0 saturated heterocycles. The minimum absolute atomic E-state index is 0.0856. The molecule has 0 unspecified atom stereocenters. The maximum absolute atomic E-state index is 13.5. The van der Waals surface area contributed by atoms with Gasteiger partial charge in [-0.25, -0.2) is 13.2 Å².